The first-order chi connectivity index (χ1) is 7.43. The van der Waals surface area contributed by atoms with Gasteiger partial charge in [-0.05, 0) is 51.5 Å². The van der Waals surface area contributed by atoms with Crippen LogP contribution in [0.15, 0.2) is 11.6 Å². The lowest BCUT2D eigenvalue weighted by Crippen LogP contribution is -1.97. The van der Waals surface area contributed by atoms with Gasteiger partial charge in [-0.15, -0.1) is 0 Å². The van der Waals surface area contributed by atoms with Crippen LogP contribution in [0, 0.1) is 0 Å². The van der Waals surface area contributed by atoms with E-state index in [4.69, 9.17) is 5.73 Å². The van der Waals surface area contributed by atoms with Gasteiger partial charge in [0.2, 0.25) is 0 Å². The monoisotopic (exact) mass is 209 g/mol. The van der Waals surface area contributed by atoms with Crippen LogP contribution in [0.25, 0.3) is 0 Å². The van der Waals surface area contributed by atoms with Crippen molar-refractivity contribution >= 4 is 0 Å². The summed E-state index contributed by atoms with van der Waals surface area (Å²) in [6, 6.07) is 0. The van der Waals surface area contributed by atoms with E-state index in [-0.39, 0.29) is 0 Å². The van der Waals surface area contributed by atoms with E-state index < -0.39 is 0 Å². The Bertz CT molecular complexity index is 164. The molecule has 1 aliphatic carbocycles. The van der Waals surface area contributed by atoms with Crippen molar-refractivity contribution in [3.63, 3.8) is 0 Å². The average Bonchev–Trinajstić information content (AvgIpc) is 2.29. The minimum absolute atomic E-state index is 0.865. The summed E-state index contributed by atoms with van der Waals surface area (Å²) in [5, 5.41) is 0. The highest BCUT2D eigenvalue weighted by Gasteiger charge is 2.03. The molecule has 0 bridgehead atoms. The fourth-order valence-electron chi connectivity index (χ4n) is 2.34. The number of allylic oxidation sites excluding steroid dienone is 2. The summed E-state index contributed by atoms with van der Waals surface area (Å²) < 4.78 is 0. The van der Waals surface area contributed by atoms with Crippen molar-refractivity contribution in [2.75, 3.05) is 6.54 Å². The number of unbranched alkanes of at least 4 members (excludes halogenated alkanes) is 5. The molecule has 1 aliphatic rings. The molecule has 0 aromatic carbocycles. The van der Waals surface area contributed by atoms with Crippen LogP contribution in [0.1, 0.15) is 70.6 Å². The predicted octanol–water partition coefficient (Wildman–Crippen LogP) is 4.18. The summed E-state index contributed by atoms with van der Waals surface area (Å²) in [4.78, 5) is 0. The lowest BCUT2D eigenvalue weighted by Gasteiger charge is -2.13. The van der Waals surface area contributed by atoms with Crippen molar-refractivity contribution in [2.45, 2.75) is 70.6 Å². The molecule has 0 aliphatic heterocycles. The molecule has 0 amide bonds. The molecule has 88 valence electrons. The van der Waals surface area contributed by atoms with Gasteiger partial charge in [-0.3, -0.25) is 0 Å². The topological polar surface area (TPSA) is 26.0 Å². The lowest BCUT2D eigenvalue weighted by atomic mass is 9.94. The van der Waals surface area contributed by atoms with E-state index in [1.807, 2.05) is 0 Å². The van der Waals surface area contributed by atoms with Crippen LogP contribution in [0.5, 0.6) is 0 Å². The van der Waals surface area contributed by atoms with Gasteiger partial charge < -0.3 is 5.73 Å². The van der Waals surface area contributed by atoms with Crippen LogP contribution >= 0.6 is 0 Å². The van der Waals surface area contributed by atoms with E-state index in [0.717, 1.165) is 6.54 Å². The lowest BCUT2D eigenvalue weighted by molar-refractivity contribution is 0.589. The third-order valence-corrected chi connectivity index (χ3v) is 3.34. The summed E-state index contributed by atoms with van der Waals surface area (Å²) in [5.74, 6) is 0. The van der Waals surface area contributed by atoms with E-state index in [0.29, 0.717) is 0 Å². The van der Waals surface area contributed by atoms with E-state index >= 15 is 0 Å². The van der Waals surface area contributed by atoms with Gasteiger partial charge in [-0.25, -0.2) is 0 Å². The summed E-state index contributed by atoms with van der Waals surface area (Å²) in [7, 11) is 0. The third-order valence-electron chi connectivity index (χ3n) is 3.34. The van der Waals surface area contributed by atoms with Gasteiger partial charge >= 0.3 is 0 Å². The zero-order valence-corrected chi connectivity index (χ0v) is 10.1. The molecule has 0 aromatic heterocycles. The molecule has 2 N–H and O–H groups in total. The summed E-state index contributed by atoms with van der Waals surface area (Å²) >= 11 is 0. The maximum Gasteiger partial charge on any atom is -0.00773 e. The molecule has 1 nitrogen and oxygen atoms in total. The van der Waals surface area contributed by atoms with Gasteiger partial charge in [-0.1, -0.05) is 37.3 Å². The Hall–Kier alpha value is -0.300. The molecule has 0 radical (unpaired) electrons. The van der Waals surface area contributed by atoms with Gasteiger partial charge in [0, 0.05) is 0 Å². The molecule has 0 atom stereocenters. The van der Waals surface area contributed by atoms with Gasteiger partial charge in [0.25, 0.3) is 0 Å². The van der Waals surface area contributed by atoms with Crippen LogP contribution in [0.2, 0.25) is 0 Å². The second-order valence-electron chi connectivity index (χ2n) is 4.77. The highest BCUT2D eigenvalue weighted by molar-refractivity contribution is 5.03. The Morgan fingerprint density at radius 2 is 1.53 bits per heavy atom. The van der Waals surface area contributed by atoms with Crippen LogP contribution in [-0.2, 0) is 0 Å². The number of nitrogens with two attached hydrogens (primary N) is 1. The molecule has 1 rings (SSSR count). The molecule has 0 spiro atoms. The Morgan fingerprint density at radius 3 is 2.27 bits per heavy atom. The number of hydrogen-bond acceptors (Lipinski definition) is 1. The molecule has 0 heterocycles. The van der Waals surface area contributed by atoms with Crippen LogP contribution in [-0.4, -0.2) is 6.54 Å². The van der Waals surface area contributed by atoms with Gasteiger partial charge in [0.1, 0.15) is 0 Å². The molecular weight excluding hydrogens is 182 g/mol. The first kappa shape index (κ1) is 12.8. The highest BCUT2D eigenvalue weighted by Crippen LogP contribution is 2.23. The predicted molar refractivity (Wildman–Crippen MR) is 67.9 cm³/mol. The smallest absolute Gasteiger partial charge is 0.00773 e. The van der Waals surface area contributed by atoms with Gasteiger partial charge in [-0.2, -0.15) is 0 Å². The van der Waals surface area contributed by atoms with Crippen LogP contribution in [0.3, 0.4) is 0 Å². The Morgan fingerprint density at radius 1 is 0.867 bits per heavy atom. The normalized spacial score (nSPS) is 16.7. The molecule has 0 unspecified atom stereocenters. The zero-order valence-electron chi connectivity index (χ0n) is 10.1. The minimum Gasteiger partial charge on any atom is -0.330 e. The summed E-state index contributed by atoms with van der Waals surface area (Å²) in [5.41, 5.74) is 7.20. The zero-order chi connectivity index (χ0) is 10.8. The SMILES string of the molecule is NCCCCCCCC=C1CCCCC1. The quantitative estimate of drug-likeness (QED) is 0.494. The fraction of sp³-hybridized carbons (Fsp3) is 0.857. The van der Waals surface area contributed by atoms with E-state index in [9.17, 15) is 0 Å². The van der Waals surface area contributed by atoms with Crippen molar-refractivity contribution in [2.24, 2.45) is 5.73 Å². The first-order valence-corrected chi connectivity index (χ1v) is 6.81. The molecule has 1 saturated carbocycles. The number of rotatable bonds is 7. The van der Waals surface area contributed by atoms with Crippen LogP contribution in [0.4, 0.5) is 0 Å². The van der Waals surface area contributed by atoms with Crippen LogP contribution < -0.4 is 5.73 Å². The largest absolute Gasteiger partial charge is 0.330 e. The van der Waals surface area contributed by atoms with Crippen molar-refractivity contribution in [3.05, 3.63) is 11.6 Å². The second kappa shape index (κ2) is 8.96. The number of hydrogen-bond donors (Lipinski definition) is 1. The molecule has 0 aromatic rings. The maximum atomic E-state index is 5.46. The second-order valence-corrected chi connectivity index (χ2v) is 4.77. The highest BCUT2D eigenvalue weighted by atomic mass is 14.5. The average molecular weight is 209 g/mol. The van der Waals surface area contributed by atoms with Gasteiger partial charge in [0.05, 0.1) is 0 Å². The van der Waals surface area contributed by atoms with E-state index in [1.165, 1.54) is 70.6 Å². The van der Waals surface area contributed by atoms with Crippen molar-refractivity contribution in [1.82, 2.24) is 0 Å². The standard InChI is InChI=1S/C14H27N/c15-13-9-4-2-1-3-6-10-14-11-7-5-8-12-14/h10H,1-9,11-13,15H2. The minimum atomic E-state index is 0.865. The van der Waals surface area contributed by atoms with E-state index in [1.54, 1.807) is 5.57 Å². The maximum absolute atomic E-state index is 5.46. The first-order valence-electron chi connectivity index (χ1n) is 6.81. The third kappa shape index (κ3) is 6.72. The fourth-order valence-corrected chi connectivity index (χ4v) is 2.34. The molecule has 0 saturated heterocycles. The van der Waals surface area contributed by atoms with Crippen molar-refractivity contribution in [3.8, 4) is 0 Å². The van der Waals surface area contributed by atoms with Crippen molar-refractivity contribution < 1.29 is 0 Å². The van der Waals surface area contributed by atoms with Crippen molar-refractivity contribution in [1.29, 1.82) is 0 Å². The summed E-state index contributed by atoms with van der Waals surface area (Å²) in [6.45, 7) is 0.865. The Balaban J connectivity index is 1.91. The van der Waals surface area contributed by atoms with Gasteiger partial charge in [0.15, 0.2) is 0 Å². The molecular formula is C14H27N. The Labute approximate surface area is 95.1 Å². The Kier molecular flexibility index (Phi) is 7.63. The van der Waals surface area contributed by atoms with E-state index in [2.05, 4.69) is 6.08 Å². The molecule has 1 heteroatoms. The summed E-state index contributed by atoms with van der Waals surface area (Å²) in [6.07, 6.45) is 17.6. The molecule has 15 heavy (non-hydrogen) atoms. The molecule has 1 fully saturated rings.